The van der Waals surface area contributed by atoms with Crippen LogP contribution in [-0.4, -0.2) is 15.2 Å². The van der Waals surface area contributed by atoms with Crippen LogP contribution >= 0.6 is 0 Å². The van der Waals surface area contributed by atoms with Gasteiger partial charge in [0.15, 0.2) is 0 Å². The van der Waals surface area contributed by atoms with E-state index in [2.05, 4.69) is 52.4 Å². The Morgan fingerprint density at radius 1 is 1.00 bits per heavy atom. The van der Waals surface area contributed by atoms with Crippen molar-refractivity contribution >= 4 is 32.7 Å². The van der Waals surface area contributed by atoms with Gasteiger partial charge in [0, 0.05) is 21.7 Å². The Morgan fingerprint density at radius 3 is 2.88 bits per heavy atom. The number of aromatic amines is 2. The van der Waals surface area contributed by atoms with Gasteiger partial charge in [-0.2, -0.15) is 5.10 Å². The minimum absolute atomic E-state index is 1.08. The maximum absolute atomic E-state index is 4.09. The average molecular weight is 221 g/mol. The van der Waals surface area contributed by atoms with Crippen molar-refractivity contribution in [2.24, 2.45) is 0 Å². The number of nitrogens with zero attached hydrogens (tertiary/aromatic N) is 1. The van der Waals surface area contributed by atoms with Crippen LogP contribution in [0.2, 0.25) is 0 Å². The standard InChI is InChI=1S/C14H11N3/c1-8-2-5-12-11(6-8)10-4-3-9-7-15-17-13(9)14(10)16-12/h2-7,16H,1H3,(H,15,17). The van der Waals surface area contributed by atoms with Crippen LogP contribution in [0.5, 0.6) is 0 Å². The first-order valence-electron chi connectivity index (χ1n) is 5.67. The normalized spacial score (nSPS) is 11.8. The van der Waals surface area contributed by atoms with E-state index in [-0.39, 0.29) is 0 Å². The van der Waals surface area contributed by atoms with Gasteiger partial charge in [-0.05, 0) is 19.1 Å². The monoisotopic (exact) mass is 221 g/mol. The van der Waals surface area contributed by atoms with E-state index in [1.165, 1.54) is 21.9 Å². The molecule has 0 saturated heterocycles. The van der Waals surface area contributed by atoms with Crippen LogP contribution in [0, 0.1) is 6.92 Å². The Bertz CT molecular complexity index is 852. The molecule has 0 spiro atoms. The van der Waals surface area contributed by atoms with Gasteiger partial charge >= 0.3 is 0 Å². The van der Waals surface area contributed by atoms with Crippen LogP contribution in [0.3, 0.4) is 0 Å². The van der Waals surface area contributed by atoms with Crippen molar-refractivity contribution in [1.82, 2.24) is 15.2 Å². The molecule has 4 aromatic rings. The lowest BCUT2D eigenvalue weighted by molar-refractivity contribution is 1.12. The molecule has 0 bridgehead atoms. The summed E-state index contributed by atoms with van der Waals surface area (Å²) in [6.45, 7) is 2.12. The predicted octanol–water partition coefficient (Wildman–Crippen LogP) is 3.51. The molecule has 2 N–H and O–H groups in total. The number of aryl methyl sites for hydroxylation is 1. The topological polar surface area (TPSA) is 44.5 Å². The van der Waals surface area contributed by atoms with Gasteiger partial charge in [0.2, 0.25) is 0 Å². The zero-order valence-electron chi connectivity index (χ0n) is 9.41. The minimum atomic E-state index is 1.08. The largest absolute Gasteiger partial charge is 0.353 e. The molecule has 0 atom stereocenters. The van der Waals surface area contributed by atoms with Gasteiger partial charge in [-0.25, -0.2) is 0 Å². The Hall–Kier alpha value is -2.29. The smallest absolute Gasteiger partial charge is 0.0891 e. The van der Waals surface area contributed by atoms with Crippen LogP contribution in [0.4, 0.5) is 0 Å². The van der Waals surface area contributed by atoms with Crippen LogP contribution in [0.25, 0.3) is 32.7 Å². The fraction of sp³-hybridized carbons (Fsp3) is 0.0714. The second-order valence-electron chi connectivity index (χ2n) is 4.50. The van der Waals surface area contributed by atoms with E-state index in [0.717, 1.165) is 16.4 Å². The highest BCUT2D eigenvalue weighted by Crippen LogP contribution is 2.30. The first kappa shape index (κ1) is 8.82. The highest BCUT2D eigenvalue weighted by Gasteiger charge is 2.08. The third-order valence-corrected chi connectivity index (χ3v) is 3.34. The summed E-state index contributed by atoms with van der Waals surface area (Å²) in [6.07, 6.45) is 1.85. The maximum Gasteiger partial charge on any atom is 0.0891 e. The number of rotatable bonds is 0. The van der Waals surface area contributed by atoms with Gasteiger partial charge in [0.25, 0.3) is 0 Å². The molecule has 0 aliphatic heterocycles. The number of hydrogen-bond donors (Lipinski definition) is 2. The number of fused-ring (bicyclic) bond motifs is 5. The second-order valence-corrected chi connectivity index (χ2v) is 4.50. The van der Waals surface area contributed by atoms with E-state index >= 15 is 0 Å². The quantitative estimate of drug-likeness (QED) is 0.469. The fourth-order valence-corrected chi connectivity index (χ4v) is 2.49. The Balaban J connectivity index is 2.33. The summed E-state index contributed by atoms with van der Waals surface area (Å²) in [7, 11) is 0. The average Bonchev–Trinajstić information content (AvgIpc) is 2.91. The van der Waals surface area contributed by atoms with Crippen molar-refractivity contribution in [2.75, 3.05) is 0 Å². The molecule has 0 amide bonds. The zero-order chi connectivity index (χ0) is 11.4. The van der Waals surface area contributed by atoms with Crippen molar-refractivity contribution in [3.63, 3.8) is 0 Å². The molecule has 82 valence electrons. The number of aromatic nitrogens is 3. The second kappa shape index (κ2) is 2.88. The van der Waals surface area contributed by atoms with Crippen molar-refractivity contribution in [3.05, 3.63) is 42.1 Å². The highest BCUT2D eigenvalue weighted by atomic mass is 15.1. The lowest BCUT2D eigenvalue weighted by atomic mass is 10.1. The summed E-state index contributed by atoms with van der Waals surface area (Å²) in [5.74, 6) is 0. The summed E-state index contributed by atoms with van der Waals surface area (Å²) in [5, 5.41) is 10.8. The van der Waals surface area contributed by atoms with Gasteiger partial charge in [-0.15, -0.1) is 0 Å². The molecule has 0 aliphatic rings. The van der Waals surface area contributed by atoms with Crippen LogP contribution in [0.1, 0.15) is 5.56 Å². The molecule has 0 aliphatic carbocycles. The van der Waals surface area contributed by atoms with Gasteiger partial charge in [-0.3, -0.25) is 5.10 Å². The van der Waals surface area contributed by atoms with Gasteiger partial charge in [0.05, 0.1) is 17.2 Å². The van der Waals surface area contributed by atoms with E-state index in [1.807, 2.05) is 6.20 Å². The number of hydrogen-bond acceptors (Lipinski definition) is 1. The van der Waals surface area contributed by atoms with Gasteiger partial charge in [-0.1, -0.05) is 23.8 Å². The molecule has 3 nitrogen and oxygen atoms in total. The Kier molecular flexibility index (Phi) is 1.50. The summed E-state index contributed by atoms with van der Waals surface area (Å²) < 4.78 is 0. The molecule has 0 radical (unpaired) electrons. The molecule has 2 aromatic carbocycles. The SMILES string of the molecule is Cc1ccc2[nH]c3c(ccc4cn[nH]c43)c2c1. The van der Waals surface area contributed by atoms with E-state index in [4.69, 9.17) is 0 Å². The van der Waals surface area contributed by atoms with Crippen LogP contribution in [0.15, 0.2) is 36.5 Å². The van der Waals surface area contributed by atoms with E-state index in [9.17, 15) is 0 Å². The van der Waals surface area contributed by atoms with E-state index in [0.29, 0.717) is 0 Å². The van der Waals surface area contributed by atoms with Crippen molar-refractivity contribution in [1.29, 1.82) is 0 Å². The minimum Gasteiger partial charge on any atom is -0.353 e. The van der Waals surface area contributed by atoms with Crippen LogP contribution < -0.4 is 0 Å². The third-order valence-electron chi connectivity index (χ3n) is 3.34. The summed E-state index contributed by atoms with van der Waals surface area (Å²) in [5.41, 5.74) is 4.67. The molecular weight excluding hydrogens is 210 g/mol. The van der Waals surface area contributed by atoms with Gasteiger partial charge < -0.3 is 4.98 Å². The maximum atomic E-state index is 4.09. The van der Waals surface area contributed by atoms with Crippen molar-refractivity contribution in [2.45, 2.75) is 6.92 Å². The molecular formula is C14H11N3. The molecule has 0 fully saturated rings. The summed E-state index contributed by atoms with van der Waals surface area (Å²) >= 11 is 0. The lowest BCUT2D eigenvalue weighted by Crippen LogP contribution is -1.72. The number of benzene rings is 2. The first-order valence-corrected chi connectivity index (χ1v) is 5.67. The van der Waals surface area contributed by atoms with Crippen molar-refractivity contribution < 1.29 is 0 Å². The highest BCUT2D eigenvalue weighted by molar-refractivity contribution is 6.15. The number of nitrogens with one attached hydrogen (secondary N) is 2. The van der Waals surface area contributed by atoms with Gasteiger partial charge in [0.1, 0.15) is 0 Å². The third kappa shape index (κ3) is 1.08. The number of H-pyrrole nitrogens is 2. The van der Waals surface area contributed by atoms with Crippen molar-refractivity contribution in [3.8, 4) is 0 Å². The Morgan fingerprint density at radius 2 is 1.94 bits per heavy atom. The molecule has 17 heavy (non-hydrogen) atoms. The molecule has 0 unspecified atom stereocenters. The Labute approximate surface area is 97.4 Å². The predicted molar refractivity (Wildman–Crippen MR) is 70.2 cm³/mol. The summed E-state index contributed by atoms with van der Waals surface area (Å²) in [6, 6.07) is 10.7. The molecule has 3 heteroatoms. The first-order chi connectivity index (χ1) is 8.33. The van der Waals surface area contributed by atoms with Crippen LogP contribution in [-0.2, 0) is 0 Å². The molecule has 2 heterocycles. The summed E-state index contributed by atoms with van der Waals surface area (Å²) in [4.78, 5) is 3.46. The zero-order valence-corrected chi connectivity index (χ0v) is 9.41. The molecule has 4 rings (SSSR count). The molecule has 0 saturated carbocycles. The fourth-order valence-electron chi connectivity index (χ4n) is 2.49. The molecule has 2 aromatic heterocycles. The van der Waals surface area contributed by atoms with E-state index in [1.54, 1.807) is 0 Å². The van der Waals surface area contributed by atoms with E-state index < -0.39 is 0 Å². The lowest BCUT2D eigenvalue weighted by Gasteiger charge is -1.93.